The number of aromatic hydroxyl groups is 1. The molecule has 0 aromatic heterocycles. The van der Waals surface area contributed by atoms with Gasteiger partial charge >= 0.3 is 0 Å². The Bertz CT molecular complexity index is 470. The number of nitrogens with zero attached hydrogens (tertiary/aromatic N) is 1. The minimum absolute atomic E-state index is 0.106. The maximum atomic E-state index is 12.0. The largest absolute Gasteiger partial charge is 0.504 e. The first kappa shape index (κ1) is 11.4. The molecule has 0 atom stereocenters. The molecule has 1 aliphatic rings. The third-order valence-corrected chi connectivity index (χ3v) is 2.74. The second kappa shape index (κ2) is 4.45. The highest BCUT2D eigenvalue weighted by Gasteiger charge is 2.27. The average molecular weight is 235 g/mol. The number of phenols is 1. The minimum atomic E-state index is -0.370. The van der Waals surface area contributed by atoms with Gasteiger partial charge in [-0.1, -0.05) is 0 Å². The van der Waals surface area contributed by atoms with Gasteiger partial charge in [-0.05, 0) is 24.6 Å². The molecule has 1 heterocycles. The smallest absolute Gasteiger partial charge is 0.260 e. The number of amides is 2. The second-order valence-electron chi connectivity index (χ2n) is 3.84. The van der Waals surface area contributed by atoms with E-state index in [1.807, 2.05) is 0 Å². The zero-order valence-electron chi connectivity index (χ0n) is 9.47. The molecule has 1 aromatic carbocycles. The van der Waals surface area contributed by atoms with Gasteiger partial charge in [0.1, 0.15) is 0 Å². The van der Waals surface area contributed by atoms with E-state index in [-0.39, 0.29) is 17.6 Å². The van der Waals surface area contributed by atoms with Gasteiger partial charge in [0, 0.05) is 18.5 Å². The lowest BCUT2D eigenvalue weighted by molar-refractivity contribution is -0.125. The van der Waals surface area contributed by atoms with E-state index >= 15 is 0 Å². The van der Waals surface area contributed by atoms with Crippen LogP contribution in [0.25, 0.3) is 0 Å². The Labute approximate surface area is 98.6 Å². The van der Waals surface area contributed by atoms with E-state index in [0.29, 0.717) is 30.7 Å². The van der Waals surface area contributed by atoms with Crippen LogP contribution in [0.4, 0.5) is 0 Å². The summed E-state index contributed by atoms with van der Waals surface area (Å²) in [4.78, 5) is 24.6. The van der Waals surface area contributed by atoms with E-state index in [2.05, 4.69) is 0 Å². The number of likely N-dealkylation sites (tertiary alicyclic amines) is 1. The Kier molecular flexibility index (Phi) is 2.99. The van der Waals surface area contributed by atoms with Gasteiger partial charge in [0.15, 0.2) is 11.5 Å². The van der Waals surface area contributed by atoms with Crippen molar-refractivity contribution >= 4 is 11.8 Å². The van der Waals surface area contributed by atoms with Gasteiger partial charge in [0.05, 0.1) is 7.11 Å². The fourth-order valence-electron chi connectivity index (χ4n) is 1.84. The molecule has 0 unspecified atom stereocenters. The minimum Gasteiger partial charge on any atom is -0.504 e. The lowest BCUT2D eigenvalue weighted by atomic mass is 10.2. The van der Waals surface area contributed by atoms with Crippen molar-refractivity contribution in [2.24, 2.45) is 0 Å². The summed E-state index contributed by atoms with van der Waals surface area (Å²) in [7, 11) is 1.43. The van der Waals surface area contributed by atoms with Crippen LogP contribution in [0.5, 0.6) is 11.5 Å². The number of carbonyl (C=O) groups is 2. The number of imide groups is 1. The molecule has 0 saturated carbocycles. The summed E-state index contributed by atoms with van der Waals surface area (Å²) in [6.07, 6.45) is 1.11. The van der Waals surface area contributed by atoms with Crippen molar-refractivity contribution in [3.05, 3.63) is 23.8 Å². The fraction of sp³-hybridized carbons (Fsp3) is 0.333. The van der Waals surface area contributed by atoms with Crippen LogP contribution in [-0.4, -0.2) is 35.5 Å². The Morgan fingerprint density at radius 2 is 2.24 bits per heavy atom. The van der Waals surface area contributed by atoms with E-state index < -0.39 is 0 Å². The van der Waals surface area contributed by atoms with Crippen LogP contribution in [0, 0.1) is 0 Å². The SMILES string of the molecule is COc1ccc(C(=O)N2CCCC2=O)cc1O. The number of phenolic OH excluding ortho intramolecular Hbond substituents is 1. The Hall–Kier alpha value is -2.04. The monoisotopic (exact) mass is 235 g/mol. The summed E-state index contributed by atoms with van der Waals surface area (Å²) in [5.74, 6) is -0.338. The first-order valence-corrected chi connectivity index (χ1v) is 5.35. The van der Waals surface area contributed by atoms with Crippen LogP contribution in [0.1, 0.15) is 23.2 Å². The Morgan fingerprint density at radius 1 is 1.47 bits per heavy atom. The van der Waals surface area contributed by atoms with Gasteiger partial charge in [-0.25, -0.2) is 0 Å². The van der Waals surface area contributed by atoms with Gasteiger partial charge in [-0.2, -0.15) is 0 Å². The zero-order valence-corrected chi connectivity index (χ0v) is 9.47. The average Bonchev–Trinajstić information content (AvgIpc) is 2.74. The van der Waals surface area contributed by atoms with E-state index in [0.717, 1.165) is 0 Å². The highest BCUT2D eigenvalue weighted by atomic mass is 16.5. The summed E-state index contributed by atoms with van der Waals surface area (Å²) in [6, 6.07) is 4.35. The molecular weight excluding hydrogens is 222 g/mol. The van der Waals surface area contributed by atoms with Crippen LogP contribution in [-0.2, 0) is 4.79 Å². The number of benzene rings is 1. The molecule has 0 bridgehead atoms. The molecule has 2 rings (SSSR count). The normalized spacial score (nSPS) is 15.1. The molecule has 17 heavy (non-hydrogen) atoms. The Morgan fingerprint density at radius 3 is 2.76 bits per heavy atom. The van der Waals surface area contributed by atoms with Gasteiger partial charge in [0.25, 0.3) is 5.91 Å². The van der Waals surface area contributed by atoms with Crippen molar-refractivity contribution < 1.29 is 19.4 Å². The quantitative estimate of drug-likeness (QED) is 0.781. The van der Waals surface area contributed by atoms with E-state index in [1.54, 1.807) is 0 Å². The maximum absolute atomic E-state index is 12.0. The van der Waals surface area contributed by atoms with Gasteiger partial charge in [-0.15, -0.1) is 0 Å². The highest BCUT2D eigenvalue weighted by molar-refractivity contribution is 6.05. The molecule has 5 heteroatoms. The second-order valence-corrected chi connectivity index (χ2v) is 3.84. The standard InChI is InChI=1S/C12H13NO4/c1-17-10-5-4-8(7-9(10)14)12(16)13-6-2-3-11(13)15/h4-5,7,14H,2-3,6H2,1H3. The molecule has 5 nitrogen and oxygen atoms in total. The number of hydrogen-bond donors (Lipinski definition) is 1. The first-order chi connectivity index (χ1) is 8.13. The van der Waals surface area contributed by atoms with E-state index in [4.69, 9.17) is 4.74 Å². The van der Waals surface area contributed by atoms with Gasteiger partial charge in [-0.3, -0.25) is 14.5 Å². The molecule has 0 radical (unpaired) electrons. The molecule has 1 N–H and O–H groups in total. The van der Waals surface area contributed by atoms with Gasteiger partial charge < -0.3 is 9.84 Å². The zero-order chi connectivity index (χ0) is 12.4. The molecule has 90 valence electrons. The van der Waals surface area contributed by atoms with Crippen molar-refractivity contribution in [3.8, 4) is 11.5 Å². The van der Waals surface area contributed by atoms with Gasteiger partial charge in [0.2, 0.25) is 5.91 Å². The number of rotatable bonds is 2. The number of hydrogen-bond acceptors (Lipinski definition) is 4. The summed E-state index contributed by atoms with van der Waals surface area (Å²) in [6.45, 7) is 0.449. The molecular formula is C12H13NO4. The summed E-state index contributed by atoms with van der Waals surface area (Å²) in [5, 5.41) is 9.57. The summed E-state index contributed by atoms with van der Waals surface area (Å²) in [5.41, 5.74) is 0.290. The Balaban J connectivity index is 2.25. The van der Waals surface area contributed by atoms with Crippen molar-refractivity contribution in [2.75, 3.05) is 13.7 Å². The predicted molar refractivity (Wildman–Crippen MR) is 59.9 cm³/mol. The van der Waals surface area contributed by atoms with Crippen LogP contribution in [0.15, 0.2) is 18.2 Å². The van der Waals surface area contributed by atoms with Crippen molar-refractivity contribution in [2.45, 2.75) is 12.8 Å². The van der Waals surface area contributed by atoms with Crippen molar-refractivity contribution in [1.82, 2.24) is 4.90 Å². The molecule has 0 spiro atoms. The lowest BCUT2D eigenvalue weighted by Gasteiger charge is -2.14. The lowest BCUT2D eigenvalue weighted by Crippen LogP contribution is -2.31. The van der Waals surface area contributed by atoms with E-state index in [9.17, 15) is 14.7 Å². The van der Waals surface area contributed by atoms with Crippen molar-refractivity contribution in [3.63, 3.8) is 0 Å². The van der Waals surface area contributed by atoms with Crippen LogP contribution < -0.4 is 4.74 Å². The molecule has 0 aliphatic carbocycles. The molecule has 1 saturated heterocycles. The summed E-state index contributed by atoms with van der Waals surface area (Å²) >= 11 is 0. The van der Waals surface area contributed by atoms with Crippen LogP contribution >= 0.6 is 0 Å². The van der Waals surface area contributed by atoms with Crippen molar-refractivity contribution in [1.29, 1.82) is 0 Å². The highest BCUT2D eigenvalue weighted by Crippen LogP contribution is 2.27. The third-order valence-electron chi connectivity index (χ3n) is 2.74. The predicted octanol–water partition coefficient (Wildman–Crippen LogP) is 1.16. The number of methoxy groups -OCH3 is 1. The first-order valence-electron chi connectivity index (χ1n) is 5.35. The van der Waals surface area contributed by atoms with Crippen LogP contribution in [0.2, 0.25) is 0 Å². The van der Waals surface area contributed by atoms with E-state index in [1.165, 1.54) is 30.2 Å². The topological polar surface area (TPSA) is 66.8 Å². The fourth-order valence-corrected chi connectivity index (χ4v) is 1.84. The molecule has 1 aromatic rings. The summed E-state index contributed by atoms with van der Waals surface area (Å²) < 4.78 is 4.88. The molecule has 1 fully saturated rings. The number of ether oxygens (including phenoxy) is 1. The third kappa shape index (κ3) is 2.08. The maximum Gasteiger partial charge on any atom is 0.260 e. The molecule has 1 aliphatic heterocycles. The number of carbonyl (C=O) groups excluding carboxylic acids is 2. The van der Waals surface area contributed by atoms with Crippen LogP contribution in [0.3, 0.4) is 0 Å². The molecule has 2 amide bonds.